The fourth-order valence-electron chi connectivity index (χ4n) is 2.12. The van der Waals surface area contributed by atoms with Gasteiger partial charge in [0.25, 0.3) is 0 Å². The summed E-state index contributed by atoms with van der Waals surface area (Å²) in [4.78, 5) is 0. The van der Waals surface area contributed by atoms with Crippen LogP contribution < -0.4 is 4.72 Å². The Morgan fingerprint density at radius 1 is 1.29 bits per heavy atom. The van der Waals surface area contributed by atoms with E-state index in [2.05, 4.69) is 10.8 Å². The van der Waals surface area contributed by atoms with Gasteiger partial charge in [0.1, 0.15) is 5.54 Å². The predicted octanol–water partition coefficient (Wildman–Crippen LogP) is 1.43. The van der Waals surface area contributed by atoms with Crippen molar-refractivity contribution in [2.24, 2.45) is 0 Å². The van der Waals surface area contributed by atoms with Crippen molar-refractivity contribution >= 4 is 10.0 Å². The van der Waals surface area contributed by atoms with Crippen LogP contribution in [0, 0.1) is 22.7 Å². The SMILES string of the molecule is CCC(C#N)S(=O)(=O)NC1(C#N)CCCCC1. The number of sulfonamides is 1. The van der Waals surface area contributed by atoms with Crippen molar-refractivity contribution in [3.05, 3.63) is 0 Å². The van der Waals surface area contributed by atoms with E-state index in [-0.39, 0.29) is 6.42 Å². The fraction of sp³-hybridized carbons (Fsp3) is 0.818. The predicted molar refractivity (Wildman–Crippen MR) is 63.2 cm³/mol. The maximum Gasteiger partial charge on any atom is 0.229 e. The molecule has 0 aromatic heterocycles. The molecule has 1 saturated carbocycles. The van der Waals surface area contributed by atoms with Crippen LogP contribution in [-0.2, 0) is 10.0 Å². The Balaban J connectivity index is 2.89. The summed E-state index contributed by atoms with van der Waals surface area (Å²) in [5.41, 5.74) is -0.999. The minimum absolute atomic E-state index is 0.230. The highest BCUT2D eigenvalue weighted by Crippen LogP contribution is 2.28. The third-order valence-corrected chi connectivity index (χ3v) is 5.01. The highest BCUT2D eigenvalue weighted by molar-refractivity contribution is 7.90. The standard InChI is InChI=1S/C11H17N3O2S/c1-2-10(8-12)17(15,16)14-11(9-13)6-4-3-5-7-11/h10,14H,2-7H2,1H3. The molecule has 1 rings (SSSR count). The van der Waals surface area contributed by atoms with Crippen molar-refractivity contribution in [3.8, 4) is 12.1 Å². The van der Waals surface area contributed by atoms with Gasteiger partial charge >= 0.3 is 0 Å². The zero-order chi connectivity index (χ0) is 12.9. The van der Waals surface area contributed by atoms with Crippen molar-refractivity contribution < 1.29 is 8.42 Å². The van der Waals surface area contributed by atoms with Crippen molar-refractivity contribution in [2.45, 2.75) is 56.2 Å². The minimum atomic E-state index is -3.73. The van der Waals surface area contributed by atoms with E-state index < -0.39 is 20.8 Å². The van der Waals surface area contributed by atoms with Gasteiger partial charge in [-0.15, -0.1) is 0 Å². The van der Waals surface area contributed by atoms with Gasteiger partial charge in [-0.05, 0) is 19.3 Å². The number of hydrogen-bond donors (Lipinski definition) is 1. The number of hydrogen-bond acceptors (Lipinski definition) is 4. The van der Waals surface area contributed by atoms with Gasteiger partial charge in [0.15, 0.2) is 5.25 Å². The summed E-state index contributed by atoms with van der Waals surface area (Å²) in [6.07, 6.45) is 4.02. The summed E-state index contributed by atoms with van der Waals surface area (Å²) in [6, 6.07) is 3.84. The zero-order valence-corrected chi connectivity index (χ0v) is 10.8. The zero-order valence-electron chi connectivity index (χ0n) is 9.94. The molecular weight excluding hydrogens is 238 g/mol. The van der Waals surface area contributed by atoms with Gasteiger partial charge in [0, 0.05) is 0 Å². The summed E-state index contributed by atoms with van der Waals surface area (Å²) in [6.45, 7) is 1.65. The van der Waals surface area contributed by atoms with Crippen LogP contribution >= 0.6 is 0 Å². The molecule has 6 heteroatoms. The van der Waals surface area contributed by atoms with E-state index in [1.54, 1.807) is 13.0 Å². The molecule has 0 aromatic carbocycles. The van der Waals surface area contributed by atoms with Crippen LogP contribution in [0.4, 0.5) is 0 Å². The fourth-order valence-corrected chi connectivity index (χ4v) is 3.63. The number of nitriles is 2. The van der Waals surface area contributed by atoms with Gasteiger partial charge in [-0.2, -0.15) is 15.2 Å². The highest BCUT2D eigenvalue weighted by atomic mass is 32.2. The van der Waals surface area contributed by atoms with E-state index in [9.17, 15) is 13.7 Å². The average molecular weight is 255 g/mol. The summed E-state index contributed by atoms with van der Waals surface area (Å²) in [5.74, 6) is 0. The Hall–Kier alpha value is -1.11. The Bertz CT molecular complexity index is 438. The molecule has 0 radical (unpaired) electrons. The van der Waals surface area contributed by atoms with E-state index in [4.69, 9.17) is 5.26 Å². The molecule has 1 atom stereocenters. The molecule has 1 N–H and O–H groups in total. The second-order valence-corrected chi connectivity index (χ2v) is 6.29. The Morgan fingerprint density at radius 3 is 2.29 bits per heavy atom. The Morgan fingerprint density at radius 2 is 1.88 bits per heavy atom. The van der Waals surface area contributed by atoms with Crippen LogP contribution in [0.5, 0.6) is 0 Å². The van der Waals surface area contributed by atoms with Gasteiger partial charge in [0.2, 0.25) is 10.0 Å². The van der Waals surface area contributed by atoms with E-state index in [0.29, 0.717) is 12.8 Å². The first-order valence-electron chi connectivity index (χ1n) is 5.83. The number of rotatable bonds is 4. The summed E-state index contributed by atoms with van der Waals surface area (Å²) >= 11 is 0. The second kappa shape index (κ2) is 5.48. The third-order valence-electron chi connectivity index (χ3n) is 3.15. The minimum Gasteiger partial charge on any atom is -0.211 e. The monoisotopic (exact) mass is 255 g/mol. The summed E-state index contributed by atoms with van der Waals surface area (Å²) in [5, 5.41) is 16.9. The van der Waals surface area contributed by atoms with E-state index >= 15 is 0 Å². The Labute approximate surface area is 102 Å². The molecule has 0 aromatic rings. The van der Waals surface area contributed by atoms with Gasteiger partial charge in [-0.1, -0.05) is 26.2 Å². The first-order valence-corrected chi connectivity index (χ1v) is 7.38. The first-order chi connectivity index (χ1) is 7.99. The van der Waals surface area contributed by atoms with Gasteiger partial charge < -0.3 is 0 Å². The van der Waals surface area contributed by atoms with E-state index in [1.165, 1.54) is 0 Å². The molecule has 5 nitrogen and oxygen atoms in total. The highest BCUT2D eigenvalue weighted by Gasteiger charge is 2.38. The lowest BCUT2D eigenvalue weighted by molar-refractivity contribution is 0.337. The lowest BCUT2D eigenvalue weighted by Crippen LogP contribution is -2.51. The molecule has 94 valence electrons. The van der Waals surface area contributed by atoms with Gasteiger partial charge in [-0.3, -0.25) is 0 Å². The average Bonchev–Trinajstić information content (AvgIpc) is 2.30. The van der Waals surface area contributed by atoms with E-state index in [0.717, 1.165) is 19.3 Å². The van der Waals surface area contributed by atoms with Crippen molar-refractivity contribution in [3.63, 3.8) is 0 Å². The number of nitrogens with one attached hydrogen (secondary N) is 1. The van der Waals surface area contributed by atoms with Crippen LogP contribution in [0.15, 0.2) is 0 Å². The molecular formula is C11H17N3O2S. The maximum atomic E-state index is 11.9. The first kappa shape index (κ1) is 14.0. The molecule has 1 aliphatic carbocycles. The summed E-state index contributed by atoms with van der Waals surface area (Å²) in [7, 11) is -3.73. The second-order valence-electron chi connectivity index (χ2n) is 4.43. The molecule has 0 bridgehead atoms. The van der Waals surface area contributed by atoms with Crippen molar-refractivity contribution in [1.29, 1.82) is 10.5 Å². The molecule has 0 aliphatic heterocycles. The van der Waals surface area contributed by atoms with Crippen LogP contribution in [-0.4, -0.2) is 19.2 Å². The number of nitrogens with zero attached hydrogens (tertiary/aromatic N) is 2. The largest absolute Gasteiger partial charge is 0.229 e. The van der Waals surface area contributed by atoms with Crippen LogP contribution in [0.3, 0.4) is 0 Å². The molecule has 0 saturated heterocycles. The quantitative estimate of drug-likeness (QED) is 0.822. The van der Waals surface area contributed by atoms with Crippen LogP contribution in [0.25, 0.3) is 0 Å². The van der Waals surface area contributed by atoms with Gasteiger partial charge in [-0.25, -0.2) is 8.42 Å². The van der Waals surface area contributed by atoms with E-state index in [1.807, 2.05) is 0 Å². The lowest BCUT2D eigenvalue weighted by Gasteiger charge is -2.31. The normalized spacial score (nSPS) is 21.1. The Kier molecular flexibility index (Phi) is 4.50. The van der Waals surface area contributed by atoms with Crippen molar-refractivity contribution in [1.82, 2.24) is 4.72 Å². The smallest absolute Gasteiger partial charge is 0.211 e. The molecule has 17 heavy (non-hydrogen) atoms. The molecule has 1 unspecified atom stereocenters. The molecule has 0 heterocycles. The maximum absolute atomic E-state index is 11.9. The summed E-state index contributed by atoms with van der Waals surface area (Å²) < 4.78 is 26.3. The lowest BCUT2D eigenvalue weighted by atomic mass is 9.84. The molecule has 0 amide bonds. The van der Waals surface area contributed by atoms with Gasteiger partial charge in [0.05, 0.1) is 12.1 Å². The van der Waals surface area contributed by atoms with Crippen LogP contribution in [0.2, 0.25) is 0 Å². The molecule has 1 aliphatic rings. The topological polar surface area (TPSA) is 93.8 Å². The third kappa shape index (κ3) is 3.18. The molecule has 1 fully saturated rings. The van der Waals surface area contributed by atoms with Crippen LogP contribution in [0.1, 0.15) is 45.4 Å². The molecule has 0 spiro atoms. The van der Waals surface area contributed by atoms with Crippen molar-refractivity contribution in [2.75, 3.05) is 0 Å².